The summed E-state index contributed by atoms with van der Waals surface area (Å²) in [4.78, 5) is 4.62. The van der Waals surface area contributed by atoms with Crippen molar-refractivity contribution in [2.24, 2.45) is 10.6 Å². The van der Waals surface area contributed by atoms with Crippen LogP contribution in [-0.2, 0) is 4.84 Å². The number of hydrogen-bond acceptors (Lipinski definition) is 2. The van der Waals surface area contributed by atoms with Gasteiger partial charge in [0.2, 0.25) is 0 Å². The van der Waals surface area contributed by atoms with Gasteiger partial charge in [-0.25, -0.2) is 0 Å². The van der Waals surface area contributed by atoms with Gasteiger partial charge in [0, 0.05) is 5.41 Å². The van der Waals surface area contributed by atoms with Gasteiger partial charge >= 0.3 is 0 Å². The molecule has 0 atom stereocenters. The second kappa shape index (κ2) is 2.85. The Kier molecular flexibility index (Phi) is 2.68. The summed E-state index contributed by atoms with van der Waals surface area (Å²) < 4.78 is 0. The van der Waals surface area contributed by atoms with Gasteiger partial charge < -0.3 is 4.84 Å². The minimum atomic E-state index is 0.135. The summed E-state index contributed by atoms with van der Waals surface area (Å²) in [5, 5.41) is 3.81. The molecule has 0 saturated heterocycles. The summed E-state index contributed by atoms with van der Waals surface area (Å²) in [5.41, 5.74) is 1.15. The fourth-order valence-corrected chi connectivity index (χ4v) is 0.274. The highest BCUT2D eigenvalue weighted by atomic mass is 16.6. The first kappa shape index (κ1) is 8.47. The molecule has 0 bridgehead atoms. The lowest BCUT2D eigenvalue weighted by atomic mass is 9.91. The zero-order valence-corrected chi connectivity index (χ0v) is 6.86. The Bertz CT molecular complexity index is 111. The average Bonchev–Trinajstić information content (AvgIpc) is 1.64. The Balaban J connectivity index is 4.03. The Morgan fingerprint density at radius 3 is 1.89 bits per heavy atom. The quantitative estimate of drug-likeness (QED) is 0.392. The molecule has 0 aromatic heterocycles. The molecule has 9 heavy (non-hydrogen) atoms. The summed E-state index contributed by atoms with van der Waals surface area (Å²) in [6, 6.07) is 0. The van der Waals surface area contributed by atoms with Gasteiger partial charge in [-0.15, -0.1) is 0 Å². The number of oxime groups is 1. The van der Waals surface area contributed by atoms with Gasteiger partial charge in [0.05, 0.1) is 5.71 Å². The molecule has 0 N–H and O–H groups in total. The molecule has 54 valence electrons. The van der Waals surface area contributed by atoms with Gasteiger partial charge in [-0.3, -0.25) is 0 Å². The van der Waals surface area contributed by atoms with E-state index in [9.17, 15) is 0 Å². The molecule has 0 aliphatic carbocycles. The maximum atomic E-state index is 4.62. The van der Waals surface area contributed by atoms with Crippen molar-refractivity contribution in [3.63, 3.8) is 0 Å². The zero-order chi connectivity index (χ0) is 7.49. The van der Waals surface area contributed by atoms with Crippen LogP contribution in [0, 0.1) is 5.41 Å². The van der Waals surface area contributed by atoms with E-state index in [1.165, 1.54) is 0 Å². The molecule has 0 fully saturated rings. The van der Waals surface area contributed by atoms with Crippen molar-refractivity contribution >= 4 is 5.71 Å². The second-order valence-corrected chi connectivity index (χ2v) is 3.11. The highest BCUT2D eigenvalue weighted by molar-refractivity contribution is 5.86. The van der Waals surface area contributed by atoms with Crippen molar-refractivity contribution in [1.29, 1.82) is 0 Å². The molecule has 0 spiro atoms. The van der Waals surface area contributed by atoms with Gasteiger partial charge in [-0.2, -0.15) is 0 Å². The van der Waals surface area contributed by atoms with Crippen LogP contribution in [0.15, 0.2) is 5.16 Å². The van der Waals surface area contributed by atoms with Crippen LogP contribution in [0.4, 0.5) is 0 Å². The van der Waals surface area contributed by atoms with Crippen molar-refractivity contribution in [3.05, 3.63) is 0 Å². The van der Waals surface area contributed by atoms with Crippen LogP contribution in [-0.4, -0.2) is 12.8 Å². The monoisotopic (exact) mass is 129 g/mol. The molecule has 2 heteroatoms. The largest absolute Gasteiger partial charge is 0.399 e. The first-order valence-corrected chi connectivity index (χ1v) is 3.06. The van der Waals surface area contributed by atoms with Crippen LogP contribution in [0.5, 0.6) is 0 Å². The van der Waals surface area contributed by atoms with E-state index in [-0.39, 0.29) is 5.41 Å². The third-order valence-electron chi connectivity index (χ3n) is 1.31. The second-order valence-electron chi connectivity index (χ2n) is 3.11. The van der Waals surface area contributed by atoms with Crippen LogP contribution in [0.25, 0.3) is 0 Å². The van der Waals surface area contributed by atoms with Crippen LogP contribution in [0.1, 0.15) is 27.7 Å². The summed E-state index contributed by atoms with van der Waals surface area (Å²) in [5.74, 6) is 0. The summed E-state index contributed by atoms with van der Waals surface area (Å²) in [6.45, 7) is 8.27. The standard InChI is InChI=1S/C7H15NO/c1-6(8-9-5)7(2,3)4/h1-5H3/b8-6-. The maximum Gasteiger partial charge on any atom is 0.106 e. The third-order valence-corrected chi connectivity index (χ3v) is 1.31. The van der Waals surface area contributed by atoms with Gasteiger partial charge in [0.1, 0.15) is 7.11 Å². The summed E-state index contributed by atoms with van der Waals surface area (Å²) >= 11 is 0. The number of nitrogens with zero attached hydrogens (tertiary/aromatic N) is 1. The predicted octanol–water partition coefficient (Wildman–Crippen LogP) is 2.05. The predicted molar refractivity (Wildman–Crippen MR) is 39.6 cm³/mol. The maximum absolute atomic E-state index is 4.62. The molecule has 0 rings (SSSR count). The third kappa shape index (κ3) is 3.12. The Hall–Kier alpha value is -0.530. The van der Waals surface area contributed by atoms with E-state index in [2.05, 4.69) is 30.8 Å². The highest BCUT2D eigenvalue weighted by Gasteiger charge is 2.14. The van der Waals surface area contributed by atoms with E-state index in [1.807, 2.05) is 6.92 Å². The lowest BCUT2D eigenvalue weighted by Gasteiger charge is -2.16. The minimum absolute atomic E-state index is 0.135. The summed E-state index contributed by atoms with van der Waals surface area (Å²) in [7, 11) is 1.56. The van der Waals surface area contributed by atoms with Crippen LogP contribution in [0.2, 0.25) is 0 Å². The van der Waals surface area contributed by atoms with E-state index in [1.54, 1.807) is 7.11 Å². The van der Waals surface area contributed by atoms with E-state index in [0.29, 0.717) is 0 Å². The smallest absolute Gasteiger partial charge is 0.106 e. The fourth-order valence-electron chi connectivity index (χ4n) is 0.274. The number of rotatable bonds is 1. The molecule has 0 aromatic rings. The van der Waals surface area contributed by atoms with Gasteiger partial charge in [-0.1, -0.05) is 25.9 Å². The van der Waals surface area contributed by atoms with Crippen molar-refractivity contribution in [2.75, 3.05) is 7.11 Å². The van der Waals surface area contributed by atoms with Gasteiger partial charge in [0.25, 0.3) is 0 Å². The molecule has 0 aliphatic heterocycles. The first-order valence-electron chi connectivity index (χ1n) is 3.06. The lowest BCUT2D eigenvalue weighted by Crippen LogP contribution is -2.16. The van der Waals surface area contributed by atoms with E-state index < -0.39 is 0 Å². The van der Waals surface area contributed by atoms with E-state index in [0.717, 1.165) is 5.71 Å². The first-order chi connectivity index (χ1) is 3.98. The van der Waals surface area contributed by atoms with Crippen LogP contribution < -0.4 is 0 Å². The lowest BCUT2D eigenvalue weighted by molar-refractivity contribution is 0.209. The van der Waals surface area contributed by atoms with Crippen molar-refractivity contribution in [1.82, 2.24) is 0 Å². The molecule has 2 nitrogen and oxygen atoms in total. The minimum Gasteiger partial charge on any atom is -0.399 e. The highest BCUT2D eigenvalue weighted by Crippen LogP contribution is 2.15. The Labute approximate surface area is 56.9 Å². The molecule has 0 heterocycles. The van der Waals surface area contributed by atoms with Crippen molar-refractivity contribution < 1.29 is 4.84 Å². The zero-order valence-electron chi connectivity index (χ0n) is 6.86. The molecule has 0 radical (unpaired) electrons. The fraction of sp³-hybridized carbons (Fsp3) is 0.857. The SMILES string of the molecule is CO/N=C(/C)C(C)(C)C. The normalized spacial score (nSPS) is 13.7. The average molecular weight is 129 g/mol. The van der Waals surface area contributed by atoms with Gasteiger partial charge in [0.15, 0.2) is 0 Å². The Morgan fingerprint density at radius 2 is 1.78 bits per heavy atom. The topological polar surface area (TPSA) is 21.6 Å². The molecule has 0 unspecified atom stereocenters. The Morgan fingerprint density at radius 1 is 1.33 bits per heavy atom. The van der Waals surface area contributed by atoms with Crippen LogP contribution in [0.3, 0.4) is 0 Å². The van der Waals surface area contributed by atoms with Gasteiger partial charge in [-0.05, 0) is 6.92 Å². The van der Waals surface area contributed by atoms with Crippen molar-refractivity contribution in [2.45, 2.75) is 27.7 Å². The van der Waals surface area contributed by atoms with E-state index in [4.69, 9.17) is 0 Å². The molecule has 0 amide bonds. The molecular formula is C7H15NO. The molecule has 0 aromatic carbocycles. The van der Waals surface area contributed by atoms with Crippen LogP contribution >= 0.6 is 0 Å². The molecule has 0 aliphatic rings. The van der Waals surface area contributed by atoms with E-state index >= 15 is 0 Å². The molecular weight excluding hydrogens is 114 g/mol. The summed E-state index contributed by atoms with van der Waals surface area (Å²) in [6.07, 6.45) is 0. The van der Waals surface area contributed by atoms with Crippen molar-refractivity contribution in [3.8, 4) is 0 Å². The number of hydrogen-bond donors (Lipinski definition) is 0. The molecule has 0 saturated carbocycles.